The van der Waals surface area contributed by atoms with Crippen molar-refractivity contribution in [1.82, 2.24) is 9.55 Å². The van der Waals surface area contributed by atoms with Gasteiger partial charge in [-0.15, -0.1) is 0 Å². The van der Waals surface area contributed by atoms with E-state index in [4.69, 9.17) is 5.73 Å². The molecule has 1 heterocycles. The van der Waals surface area contributed by atoms with Crippen LogP contribution < -0.4 is 11.1 Å². The predicted octanol–water partition coefficient (Wildman–Crippen LogP) is 3.96. The molecule has 0 spiro atoms. The SMILES string of the molecule is Cc1cc(C)c(Nc2nc3cc(F)cc(N)c3n2C)c(C)c1. The molecule has 0 fully saturated rings. The summed E-state index contributed by atoms with van der Waals surface area (Å²) in [6.45, 7) is 6.18. The van der Waals surface area contributed by atoms with Crippen molar-refractivity contribution in [2.24, 2.45) is 7.05 Å². The molecular formula is C17H19FN4. The van der Waals surface area contributed by atoms with E-state index < -0.39 is 0 Å². The van der Waals surface area contributed by atoms with Crippen molar-refractivity contribution < 1.29 is 4.39 Å². The van der Waals surface area contributed by atoms with Gasteiger partial charge in [0.15, 0.2) is 0 Å². The number of fused-ring (bicyclic) bond motifs is 1. The van der Waals surface area contributed by atoms with Gasteiger partial charge in [0.05, 0.1) is 16.7 Å². The number of nitrogens with two attached hydrogens (primary N) is 1. The number of benzene rings is 2. The number of nitrogens with one attached hydrogen (secondary N) is 1. The van der Waals surface area contributed by atoms with Crippen LogP contribution in [0.4, 0.5) is 21.7 Å². The van der Waals surface area contributed by atoms with Crippen molar-refractivity contribution in [3.05, 3.63) is 46.8 Å². The minimum absolute atomic E-state index is 0.377. The third kappa shape index (κ3) is 2.28. The van der Waals surface area contributed by atoms with Gasteiger partial charge in [-0.2, -0.15) is 0 Å². The number of aromatic nitrogens is 2. The second-order valence-corrected chi connectivity index (χ2v) is 5.76. The highest BCUT2D eigenvalue weighted by Gasteiger charge is 2.14. The lowest BCUT2D eigenvalue weighted by Gasteiger charge is -2.13. The Balaban J connectivity index is 2.13. The maximum absolute atomic E-state index is 13.5. The first-order valence-electron chi connectivity index (χ1n) is 7.13. The Morgan fingerprint density at radius 2 is 1.73 bits per heavy atom. The Morgan fingerprint density at radius 3 is 2.36 bits per heavy atom. The lowest BCUT2D eigenvalue weighted by atomic mass is 10.1. The zero-order valence-electron chi connectivity index (χ0n) is 13.2. The molecule has 2 aromatic carbocycles. The second-order valence-electron chi connectivity index (χ2n) is 5.76. The molecule has 0 amide bonds. The molecule has 0 atom stereocenters. The third-order valence-electron chi connectivity index (χ3n) is 3.88. The molecule has 0 aliphatic carbocycles. The van der Waals surface area contributed by atoms with Crippen LogP contribution in [-0.4, -0.2) is 9.55 Å². The number of imidazole rings is 1. The van der Waals surface area contributed by atoms with Crippen LogP contribution >= 0.6 is 0 Å². The van der Waals surface area contributed by atoms with Crippen LogP contribution in [0.5, 0.6) is 0 Å². The molecule has 22 heavy (non-hydrogen) atoms. The van der Waals surface area contributed by atoms with Gasteiger partial charge < -0.3 is 15.6 Å². The highest BCUT2D eigenvalue weighted by Crippen LogP contribution is 2.29. The summed E-state index contributed by atoms with van der Waals surface area (Å²) in [4.78, 5) is 4.47. The summed E-state index contributed by atoms with van der Waals surface area (Å²) in [6, 6.07) is 6.94. The number of nitrogens with zero attached hydrogens (tertiary/aromatic N) is 2. The highest BCUT2D eigenvalue weighted by molar-refractivity contribution is 5.90. The molecule has 3 aromatic rings. The maximum atomic E-state index is 13.5. The molecule has 0 radical (unpaired) electrons. The van der Waals surface area contributed by atoms with Crippen molar-refractivity contribution >= 4 is 28.4 Å². The highest BCUT2D eigenvalue weighted by atomic mass is 19.1. The minimum Gasteiger partial charge on any atom is -0.397 e. The molecule has 1 aromatic heterocycles. The minimum atomic E-state index is -0.377. The van der Waals surface area contributed by atoms with E-state index in [1.165, 1.54) is 17.7 Å². The number of nitrogen functional groups attached to an aromatic ring is 1. The van der Waals surface area contributed by atoms with Crippen molar-refractivity contribution in [2.75, 3.05) is 11.1 Å². The Bertz CT molecular complexity index is 857. The first-order chi connectivity index (χ1) is 10.4. The summed E-state index contributed by atoms with van der Waals surface area (Å²) in [6.07, 6.45) is 0. The molecule has 5 heteroatoms. The van der Waals surface area contributed by atoms with Crippen LogP contribution in [0.2, 0.25) is 0 Å². The van der Waals surface area contributed by atoms with Crippen molar-refractivity contribution in [1.29, 1.82) is 0 Å². The van der Waals surface area contributed by atoms with Crippen LogP contribution in [0.25, 0.3) is 11.0 Å². The second kappa shape index (κ2) is 5.02. The van der Waals surface area contributed by atoms with Gasteiger partial charge in [0.25, 0.3) is 0 Å². The molecule has 4 nitrogen and oxygen atoms in total. The molecule has 114 valence electrons. The van der Waals surface area contributed by atoms with Gasteiger partial charge in [-0.25, -0.2) is 9.37 Å². The summed E-state index contributed by atoms with van der Waals surface area (Å²) < 4.78 is 15.3. The van der Waals surface area contributed by atoms with E-state index in [1.54, 1.807) is 0 Å². The van der Waals surface area contributed by atoms with Crippen LogP contribution in [0.15, 0.2) is 24.3 Å². The quantitative estimate of drug-likeness (QED) is 0.704. The Kier molecular flexibility index (Phi) is 3.28. The van der Waals surface area contributed by atoms with Crippen LogP contribution in [-0.2, 0) is 7.05 Å². The topological polar surface area (TPSA) is 55.9 Å². The van der Waals surface area contributed by atoms with E-state index >= 15 is 0 Å². The van der Waals surface area contributed by atoms with Crippen molar-refractivity contribution in [3.8, 4) is 0 Å². The van der Waals surface area contributed by atoms with Crippen LogP contribution in [0.3, 0.4) is 0 Å². The van der Waals surface area contributed by atoms with Gasteiger partial charge in [0.1, 0.15) is 5.82 Å². The summed E-state index contributed by atoms with van der Waals surface area (Å²) in [7, 11) is 1.87. The maximum Gasteiger partial charge on any atom is 0.208 e. The van der Waals surface area contributed by atoms with Gasteiger partial charge in [0.2, 0.25) is 5.95 Å². The number of halogens is 1. The van der Waals surface area contributed by atoms with Gasteiger partial charge in [-0.1, -0.05) is 17.7 Å². The van der Waals surface area contributed by atoms with Crippen LogP contribution in [0, 0.1) is 26.6 Å². The Labute approximate surface area is 128 Å². The predicted molar refractivity (Wildman–Crippen MR) is 89.0 cm³/mol. The number of rotatable bonds is 2. The van der Waals surface area contributed by atoms with E-state index in [1.807, 2.05) is 11.6 Å². The van der Waals surface area contributed by atoms with E-state index in [-0.39, 0.29) is 5.82 Å². The number of hydrogen-bond donors (Lipinski definition) is 2. The average Bonchev–Trinajstić information content (AvgIpc) is 2.70. The molecule has 0 saturated heterocycles. The standard InChI is InChI=1S/C17H19FN4/c1-9-5-10(2)15(11(3)6-9)21-17-20-14-8-12(18)7-13(19)16(14)22(17)4/h5-8H,19H2,1-4H3,(H,20,21). The number of anilines is 3. The van der Waals surface area contributed by atoms with Crippen LogP contribution in [0.1, 0.15) is 16.7 Å². The van der Waals surface area contributed by atoms with Crippen molar-refractivity contribution in [2.45, 2.75) is 20.8 Å². The number of aryl methyl sites for hydroxylation is 4. The fourth-order valence-corrected chi connectivity index (χ4v) is 2.95. The summed E-state index contributed by atoms with van der Waals surface area (Å²) in [5, 5.41) is 3.35. The van der Waals surface area contributed by atoms with Gasteiger partial charge in [0, 0.05) is 18.8 Å². The molecule has 0 aliphatic heterocycles. The summed E-state index contributed by atoms with van der Waals surface area (Å²) in [5.74, 6) is 0.264. The zero-order chi connectivity index (χ0) is 16.0. The van der Waals surface area contributed by atoms with E-state index in [9.17, 15) is 4.39 Å². The van der Waals surface area contributed by atoms with E-state index in [0.29, 0.717) is 17.2 Å². The Morgan fingerprint density at radius 1 is 1.09 bits per heavy atom. The fourth-order valence-electron chi connectivity index (χ4n) is 2.95. The largest absolute Gasteiger partial charge is 0.397 e. The molecular weight excluding hydrogens is 279 g/mol. The summed E-state index contributed by atoms with van der Waals surface area (Å²) >= 11 is 0. The third-order valence-corrected chi connectivity index (χ3v) is 3.88. The van der Waals surface area contributed by atoms with Gasteiger partial charge in [-0.05, 0) is 38.0 Å². The normalized spacial score (nSPS) is 11.1. The molecule has 3 N–H and O–H groups in total. The molecule has 0 saturated carbocycles. The zero-order valence-corrected chi connectivity index (χ0v) is 13.2. The monoisotopic (exact) mass is 298 g/mol. The molecule has 0 unspecified atom stereocenters. The fraction of sp³-hybridized carbons (Fsp3) is 0.235. The van der Waals surface area contributed by atoms with Gasteiger partial charge >= 0.3 is 0 Å². The molecule has 0 bridgehead atoms. The lowest BCUT2D eigenvalue weighted by molar-refractivity contribution is 0.630. The lowest BCUT2D eigenvalue weighted by Crippen LogP contribution is -2.03. The smallest absolute Gasteiger partial charge is 0.208 e. The number of hydrogen-bond acceptors (Lipinski definition) is 3. The van der Waals surface area contributed by atoms with E-state index in [2.05, 4.69) is 43.2 Å². The van der Waals surface area contributed by atoms with Crippen molar-refractivity contribution in [3.63, 3.8) is 0 Å². The molecule has 0 aliphatic rings. The molecule has 3 rings (SSSR count). The Hall–Kier alpha value is -2.56. The van der Waals surface area contributed by atoms with E-state index in [0.717, 1.165) is 22.3 Å². The first-order valence-corrected chi connectivity index (χ1v) is 7.13. The van der Waals surface area contributed by atoms with Gasteiger partial charge in [-0.3, -0.25) is 0 Å². The summed E-state index contributed by atoms with van der Waals surface area (Å²) in [5.41, 5.74) is 12.1. The average molecular weight is 298 g/mol. The first kappa shape index (κ1) is 14.4.